The topological polar surface area (TPSA) is 9.23 Å². The van der Waals surface area contributed by atoms with Gasteiger partial charge in [-0.1, -0.05) is 37.8 Å². The van der Waals surface area contributed by atoms with Crippen LogP contribution in [0.1, 0.15) is 43.7 Å². The highest BCUT2D eigenvalue weighted by Crippen LogP contribution is 2.30. The zero-order valence-corrected chi connectivity index (χ0v) is 13.7. The highest BCUT2D eigenvalue weighted by Gasteiger charge is 2.30. The molecule has 0 saturated carbocycles. The summed E-state index contributed by atoms with van der Waals surface area (Å²) < 4.78 is 43.7. The summed E-state index contributed by atoms with van der Waals surface area (Å²) in [5.74, 6) is 0.609. The molecule has 0 fully saturated rings. The molecule has 1 aromatic carbocycles. The van der Waals surface area contributed by atoms with Gasteiger partial charge in [0.05, 0.1) is 17.9 Å². The van der Waals surface area contributed by atoms with Crippen LogP contribution in [0.3, 0.4) is 0 Å². The Bertz CT molecular complexity index is 506. The molecular weight excluding hydrogens is 301 g/mol. The fourth-order valence-electron chi connectivity index (χ4n) is 2.26. The summed E-state index contributed by atoms with van der Waals surface area (Å²) in [6.45, 7) is 10.1. The molecule has 23 heavy (non-hydrogen) atoms. The van der Waals surface area contributed by atoms with Gasteiger partial charge in [0.1, 0.15) is 0 Å². The number of ether oxygens (including phenoxy) is 1. The van der Waals surface area contributed by atoms with Gasteiger partial charge in [-0.3, -0.25) is 0 Å². The van der Waals surface area contributed by atoms with E-state index in [1.807, 2.05) is 13.0 Å². The second kappa shape index (κ2) is 9.43. The zero-order chi connectivity index (χ0) is 17.3. The second-order valence-electron chi connectivity index (χ2n) is 5.76. The molecule has 1 nitrogen and oxygen atoms in total. The first-order valence-electron chi connectivity index (χ1n) is 7.93. The van der Waals surface area contributed by atoms with E-state index >= 15 is 0 Å². The Morgan fingerprint density at radius 1 is 1.26 bits per heavy atom. The van der Waals surface area contributed by atoms with E-state index in [0.29, 0.717) is 24.4 Å². The van der Waals surface area contributed by atoms with E-state index in [1.165, 1.54) is 12.1 Å². The minimum atomic E-state index is -4.31. The van der Waals surface area contributed by atoms with Crippen LogP contribution in [-0.2, 0) is 17.3 Å². The summed E-state index contributed by atoms with van der Waals surface area (Å²) in [5, 5.41) is 0. The van der Waals surface area contributed by atoms with Crippen molar-refractivity contribution in [3.8, 4) is 0 Å². The van der Waals surface area contributed by atoms with Gasteiger partial charge >= 0.3 is 6.18 Å². The number of rotatable bonds is 10. The van der Waals surface area contributed by atoms with Crippen LogP contribution >= 0.6 is 0 Å². The Labute approximate surface area is 136 Å². The van der Waals surface area contributed by atoms with Crippen molar-refractivity contribution >= 4 is 0 Å². The van der Waals surface area contributed by atoms with Crippen LogP contribution in [0.15, 0.2) is 49.3 Å². The molecular formula is C19H25F3O. The van der Waals surface area contributed by atoms with Gasteiger partial charge in [0.15, 0.2) is 0 Å². The molecule has 1 atom stereocenters. The fourth-order valence-corrected chi connectivity index (χ4v) is 2.26. The molecule has 128 valence electrons. The Hall–Kier alpha value is -1.71. The molecule has 1 unspecified atom stereocenters. The van der Waals surface area contributed by atoms with Crippen LogP contribution in [0.4, 0.5) is 13.2 Å². The number of hydrogen-bond acceptors (Lipinski definition) is 1. The number of allylic oxidation sites excluding steroid dienone is 2. The summed E-state index contributed by atoms with van der Waals surface area (Å²) >= 11 is 0. The summed E-state index contributed by atoms with van der Waals surface area (Å²) in [6.07, 6.45) is 2.20. The summed E-state index contributed by atoms with van der Waals surface area (Å²) in [7, 11) is 0. The van der Waals surface area contributed by atoms with Crippen LogP contribution in [-0.4, -0.2) is 6.61 Å². The van der Waals surface area contributed by atoms with E-state index in [0.717, 1.165) is 31.7 Å². The van der Waals surface area contributed by atoms with Gasteiger partial charge in [0.2, 0.25) is 0 Å². The highest BCUT2D eigenvalue weighted by molar-refractivity contribution is 5.26. The van der Waals surface area contributed by atoms with Crippen molar-refractivity contribution in [1.29, 1.82) is 0 Å². The van der Waals surface area contributed by atoms with Gasteiger partial charge in [-0.15, -0.1) is 6.58 Å². The Kier molecular flexibility index (Phi) is 7.93. The molecule has 0 aliphatic carbocycles. The number of halogens is 3. The van der Waals surface area contributed by atoms with Crippen molar-refractivity contribution in [3.63, 3.8) is 0 Å². The van der Waals surface area contributed by atoms with Gasteiger partial charge in [0, 0.05) is 5.92 Å². The van der Waals surface area contributed by atoms with Gasteiger partial charge in [-0.2, -0.15) is 13.2 Å². The fraction of sp³-hybridized carbons (Fsp3) is 0.474. The second-order valence-corrected chi connectivity index (χ2v) is 5.76. The molecule has 0 N–H and O–H groups in total. The van der Waals surface area contributed by atoms with Crippen LogP contribution in [0.2, 0.25) is 0 Å². The monoisotopic (exact) mass is 326 g/mol. The lowest BCUT2D eigenvalue weighted by atomic mass is 9.98. The van der Waals surface area contributed by atoms with Gasteiger partial charge in [0.25, 0.3) is 0 Å². The average Bonchev–Trinajstić information content (AvgIpc) is 2.50. The summed E-state index contributed by atoms with van der Waals surface area (Å²) in [5.41, 5.74) is 0.0269. The molecule has 0 aromatic heterocycles. The molecule has 0 saturated heterocycles. The van der Waals surface area contributed by atoms with E-state index in [-0.39, 0.29) is 5.92 Å². The largest absolute Gasteiger partial charge is 0.498 e. The van der Waals surface area contributed by atoms with Crippen molar-refractivity contribution in [2.45, 2.75) is 45.2 Å². The summed E-state index contributed by atoms with van der Waals surface area (Å²) in [6, 6.07) is 5.42. The molecule has 0 aliphatic rings. The molecule has 1 rings (SSSR count). The third-order valence-corrected chi connectivity index (χ3v) is 3.69. The van der Waals surface area contributed by atoms with Crippen molar-refractivity contribution in [1.82, 2.24) is 0 Å². The Balaban J connectivity index is 2.41. The standard InChI is InChI=1S/C19H25F3O/c1-4-5-6-7-8-12-23-16(3)15(2)13-17-10-9-11-18(14-17)19(20,21)22/h4,9-11,14-15H,1,3,5-8,12-13H2,2H3. The molecule has 0 bridgehead atoms. The van der Waals surface area contributed by atoms with Crippen LogP contribution in [0, 0.1) is 5.92 Å². The number of unbranched alkanes of at least 4 members (excludes halogenated alkanes) is 3. The maximum atomic E-state index is 12.7. The van der Waals surface area contributed by atoms with E-state index in [2.05, 4.69) is 13.2 Å². The van der Waals surface area contributed by atoms with Crippen molar-refractivity contribution in [2.24, 2.45) is 5.92 Å². The van der Waals surface area contributed by atoms with Gasteiger partial charge in [-0.25, -0.2) is 0 Å². The highest BCUT2D eigenvalue weighted by atomic mass is 19.4. The SMILES string of the molecule is C=CCCCCCOC(=C)C(C)Cc1cccc(C(F)(F)F)c1. The third kappa shape index (κ3) is 7.40. The molecule has 4 heteroatoms. The predicted octanol–water partition coefficient (Wildman–Crippen LogP) is 6.16. The first-order chi connectivity index (χ1) is 10.8. The maximum Gasteiger partial charge on any atom is 0.416 e. The van der Waals surface area contributed by atoms with E-state index in [1.54, 1.807) is 6.07 Å². The third-order valence-electron chi connectivity index (χ3n) is 3.69. The Morgan fingerprint density at radius 3 is 2.65 bits per heavy atom. The number of benzene rings is 1. The summed E-state index contributed by atoms with van der Waals surface area (Å²) in [4.78, 5) is 0. The lowest BCUT2D eigenvalue weighted by molar-refractivity contribution is -0.137. The van der Waals surface area contributed by atoms with Crippen LogP contribution < -0.4 is 0 Å². The molecule has 1 aromatic rings. The minimum Gasteiger partial charge on any atom is -0.498 e. The number of hydrogen-bond donors (Lipinski definition) is 0. The minimum absolute atomic E-state index is 0.0216. The van der Waals surface area contributed by atoms with Crippen LogP contribution in [0.25, 0.3) is 0 Å². The van der Waals surface area contributed by atoms with Crippen molar-refractivity contribution in [2.75, 3.05) is 6.61 Å². The molecule has 0 aliphatic heterocycles. The normalized spacial score (nSPS) is 12.7. The van der Waals surface area contributed by atoms with Gasteiger partial charge < -0.3 is 4.74 Å². The van der Waals surface area contributed by atoms with E-state index in [4.69, 9.17) is 4.74 Å². The average molecular weight is 326 g/mol. The van der Waals surface area contributed by atoms with Crippen molar-refractivity contribution < 1.29 is 17.9 Å². The molecule has 0 amide bonds. The number of alkyl halides is 3. The maximum absolute atomic E-state index is 12.7. The first kappa shape index (κ1) is 19.3. The molecule has 0 heterocycles. The quantitative estimate of drug-likeness (QED) is 0.284. The smallest absolute Gasteiger partial charge is 0.416 e. The van der Waals surface area contributed by atoms with E-state index in [9.17, 15) is 13.2 Å². The lowest BCUT2D eigenvalue weighted by Gasteiger charge is -2.17. The Morgan fingerprint density at radius 2 is 2.00 bits per heavy atom. The first-order valence-corrected chi connectivity index (χ1v) is 7.93. The van der Waals surface area contributed by atoms with Crippen molar-refractivity contribution in [3.05, 3.63) is 60.4 Å². The van der Waals surface area contributed by atoms with Crippen LogP contribution in [0.5, 0.6) is 0 Å². The zero-order valence-electron chi connectivity index (χ0n) is 13.7. The van der Waals surface area contributed by atoms with E-state index < -0.39 is 11.7 Å². The lowest BCUT2D eigenvalue weighted by Crippen LogP contribution is -2.09. The molecule has 0 spiro atoms. The molecule has 0 radical (unpaired) electrons. The van der Waals surface area contributed by atoms with Gasteiger partial charge in [-0.05, 0) is 43.7 Å². The predicted molar refractivity (Wildman–Crippen MR) is 88.1 cm³/mol.